The minimum absolute atomic E-state index is 0.220. The van der Waals surface area contributed by atoms with Crippen LogP contribution in [0.25, 0.3) is 0 Å². The smallest absolute Gasteiger partial charge is 0.172 e. The molecule has 0 radical (unpaired) electrons. The van der Waals surface area contributed by atoms with Gasteiger partial charge in [0.2, 0.25) is 0 Å². The van der Waals surface area contributed by atoms with Gasteiger partial charge < -0.3 is 25.8 Å². The van der Waals surface area contributed by atoms with E-state index in [0.29, 0.717) is 0 Å². The lowest BCUT2D eigenvalue weighted by molar-refractivity contribution is -0.229. The fourth-order valence-electron chi connectivity index (χ4n) is 1.34. The third-order valence-electron chi connectivity index (χ3n) is 2.34. The van der Waals surface area contributed by atoms with Gasteiger partial charge in [0.1, 0.15) is 0 Å². The van der Waals surface area contributed by atoms with Crippen LogP contribution in [0.4, 0.5) is 0 Å². The van der Waals surface area contributed by atoms with Gasteiger partial charge in [0.25, 0.3) is 0 Å². The Balaban J connectivity index is 2.63. The fraction of sp³-hybridized carbons (Fsp3) is 1.00. The molecule has 1 heterocycles. The molecule has 0 saturated carbocycles. The molecule has 0 amide bonds. The van der Waals surface area contributed by atoms with E-state index in [2.05, 4.69) is 0 Å². The Bertz CT molecular complexity index is 150. The normalized spacial score (nSPS) is 49.2. The molecule has 1 unspecified atom stereocenters. The monoisotopic (exact) mass is 177 g/mol. The minimum atomic E-state index is -1.19. The van der Waals surface area contributed by atoms with Crippen molar-refractivity contribution in [3.05, 3.63) is 0 Å². The second kappa shape index (κ2) is 3.68. The van der Waals surface area contributed by atoms with Crippen molar-refractivity contribution in [1.29, 1.82) is 0 Å². The van der Waals surface area contributed by atoms with E-state index in [1.54, 1.807) is 6.92 Å². The highest BCUT2D eigenvalue weighted by Crippen LogP contribution is 2.23. The van der Waals surface area contributed by atoms with Crippen molar-refractivity contribution in [1.82, 2.24) is 0 Å². The summed E-state index contributed by atoms with van der Waals surface area (Å²) in [6.45, 7) is 1.50. The molecule has 1 saturated heterocycles. The van der Waals surface area contributed by atoms with Crippen molar-refractivity contribution in [2.24, 2.45) is 11.7 Å². The molecule has 0 bridgehead atoms. The van der Waals surface area contributed by atoms with Crippen LogP contribution in [-0.4, -0.2) is 46.5 Å². The van der Waals surface area contributed by atoms with E-state index in [0.717, 1.165) is 0 Å². The van der Waals surface area contributed by atoms with Gasteiger partial charge in [-0.05, 0) is 0 Å². The quantitative estimate of drug-likeness (QED) is 0.372. The van der Waals surface area contributed by atoms with E-state index in [1.807, 2.05) is 0 Å². The van der Waals surface area contributed by atoms with Crippen molar-refractivity contribution >= 4 is 0 Å². The standard InChI is InChI=1S/C7H15NO4/c1-3-4(2-9)12-7(11)5(8)6(3)10/h3-7,9-11H,2,8H2,1H3/t3-,4-,5+,6+,7?/m1/s1. The molecule has 0 aromatic heterocycles. The van der Waals surface area contributed by atoms with Gasteiger partial charge in [-0.25, -0.2) is 0 Å². The molecule has 72 valence electrons. The predicted octanol–water partition coefficient (Wildman–Crippen LogP) is -1.98. The molecule has 5 N–H and O–H groups in total. The molecule has 12 heavy (non-hydrogen) atoms. The highest BCUT2D eigenvalue weighted by Gasteiger charge is 2.39. The summed E-state index contributed by atoms with van der Waals surface area (Å²) >= 11 is 0. The summed E-state index contributed by atoms with van der Waals surface area (Å²) in [7, 11) is 0. The highest BCUT2D eigenvalue weighted by atomic mass is 16.6. The van der Waals surface area contributed by atoms with Crippen molar-refractivity contribution in [2.45, 2.75) is 31.5 Å². The van der Waals surface area contributed by atoms with Crippen LogP contribution in [0.3, 0.4) is 0 Å². The average molecular weight is 177 g/mol. The van der Waals surface area contributed by atoms with E-state index in [9.17, 15) is 5.11 Å². The Morgan fingerprint density at radius 1 is 1.42 bits per heavy atom. The maximum absolute atomic E-state index is 9.44. The largest absolute Gasteiger partial charge is 0.394 e. The van der Waals surface area contributed by atoms with Gasteiger partial charge in [0.15, 0.2) is 6.29 Å². The van der Waals surface area contributed by atoms with Crippen molar-refractivity contribution < 1.29 is 20.1 Å². The van der Waals surface area contributed by atoms with Crippen LogP contribution in [-0.2, 0) is 4.74 Å². The molecule has 0 aliphatic carbocycles. The zero-order valence-corrected chi connectivity index (χ0v) is 6.92. The first-order chi connectivity index (χ1) is 5.57. The van der Waals surface area contributed by atoms with E-state index >= 15 is 0 Å². The fourth-order valence-corrected chi connectivity index (χ4v) is 1.34. The molecular formula is C7H15NO4. The number of aliphatic hydroxyl groups excluding tert-OH is 3. The Labute approximate surface area is 70.8 Å². The lowest BCUT2D eigenvalue weighted by atomic mass is 9.90. The van der Waals surface area contributed by atoms with Crippen LogP contribution in [0.5, 0.6) is 0 Å². The highest BCUT2D eigenvalue weighted by molar-refractivity contribution is 4.88. The van der Waals surface area contributed by atoms with Gasteiger partial charge in [0, 0.05) is 5.92 Å². The molecule has 0 aromatic carbocycles. The second-order valence-electron chi connectivity index (χ2n) is 3.17. The predicted molar refractivity (Wildman–Crippen MR) is 41.1 cm³/mol. The Hall–Kier alpha value is -0.200. The summed E-state index contributed by atoms with van der Waals surface area (Å²) in [6, 6.07) is -0.789. The average Bonchev–Trinajstić information content (AvgIpc) is 2.08. The van der Waals surface area contributed by atoms with Crippen LogP contribution in [0.15, 0.2) is 0 Å². The van der Waals surface area contributed by atoms with E-state index in [1.165, 1.54) is 0 Å². The Morgan fingerprint density at radius 3 is 2.50 bits per heavy atom. The molecule has 5 atom stereocenters. The summed E-state index contributed by atoms with van der Waals surface area (Å²) in [5.41, 5.74) is 5.42. The summed E-state index contributed by atoms with van der Waals surface area (Å²) in [5.74, 6) is -0.256. The van der Waals surface area contributed by atoms with Gasteiger partial charge in [0.05, 0.1) is 24.9 Å². The van der Waals surface area contributed by atoms with E-state index in [-0.39, 0.29) is 12.5 Å². The molecule has 1 rings (SSSR count). The van der Waals surface area contributed by atoms with Gasteiger partial charge in [-0.15, -0.1) is 0 Å². The van der Waals surface area contributed by atoms with Crippen LogP contribution in [0.2, 0.25) is 0 Å². The molecule has 1 aliphatic heterocycles. The molecule has 5 heteroatoms. The minimum Gasteiger partial charge on any atom is -0.394 e. The first kappa shape index (κ1) is 9.88. The molecule has 1 fully saturated rings. The first-order valence-electron chi connectivity index (χ1n) is 3.96. The zero-order valence-electron chi connectivity index (χ0n) is 6.92. The summed E-state index contributed by atoms with van der Waals surface area (Å²) in [4.78, 5) is 0. The molecule has 0 spiro atoms. The zero-order chi connectivity index (χ0) is 9.30. The Morgan fingerprint density at radius 2 is 2.00 bits per heavy atom. The van der Waals surface area contributed by atoms with Crippen LogP contribution in [0.1, 0.15) is 6.92 Å². The van der Waals surface area contributed by atoms with Gasteiger partial charge in [-0.3, -0.25) is 0 Å². The molecule has 0 aromatic rings. The van der Waals surface area contributed by atoms with Crippen molar-refractivity contribution in [2.75, 3.05) is 6.61 Å². The number of ether oxygens (including phenoxy) is 1. The van der Waals surface area contributed by atoms with Gasteiger partial charge >= 0.3 is 0 Å². The van der Waals surface area contributed by atoms with Crippen LogP contribution < -0.4 is 5.73 Å². The topological polar surface area (TPSA) is 95.9 Å². The maximum atomic E-state index is 9.44. The van der Waals surface area contributed by atoms with Crippen LogP contribution in [0, 0.1) is 5.92 Å². The summed E-state index contributed by atoms with van der Waals surface area (Å²) in [6.07, 6.45) is -2.55. The van der Waals surface area contributed by atoms with Crippen molar-refractivity contribution in [3.8, 4) is 0 Å². The summed E-state index contributed by atoms with van der Waals surface area (Å²) < 4.78 is 4.95. The van der Waals surface area contributed by atoms with E-state index < -0.39 is 24.5 Å². The molecule has 1 aliphatic rings. The number of aliphatic hydroxyl groups is 3. The lowest BCUT2D eigenvalue weighted by Gasteiger charge is -2.39. The molecular weight excluding hydrogens is 162 g/mol. The number of nitrogens with two attached hydrogens (primary N) is 1. The SMILES string of the molecule is C[C@H]1[C@H](O)[C@H](N)C(O)O[C@@H]1CO. The summed E-state index contributed by atoms with van der Waals surface area (Å²) in [5, 5.41) is 27.4. The lowest BCUT2D eigenvalue weighted by Crippen LogP contribution is -2.58. The number of hydrogen-bond acceptors (Lipinski definition) is 5. The Kier molecular flexibility index (Phi) is 3.03. The number of rotatable bonds is 1. The van der Waals surface area contributed by atoms with E-state index in [4.69, 9.17) is 20.7 Å². The first-order valence-corrected chi connectivity index (χ1v) is 3.96. The second-order valence-corrected chi connectivity index (χ2v) is 3.17. The maximum Gasteiger partial charge on any atom is 0.172 e. The third-order valence-corrected chi connectivity index (χ3v) is 2.34. The third kappa shape index (κ3) is 1.60. The van der Waals surface area contributed by atoms with Crippen molar-refractivity contribution in [3.63, 3.8) is 0 Å². The number of hydrogen-bond donors (Lipinski definition) is 4. The van der Waals surface area contributed by atoms with Gasteiger partial charge in [-0.1, -0.05) is 6.92 Å². The molecule has 5 nitrogen and oxygen atoms in total. The van der Waals surface area contributed by atoms with Crippen LogP contribution >= 0.6 is 0 Å². The van der Waals surface area contributed by atoms with Gasteiger partial charge in [-0.2, -0.15) is 0 Å².